The SMILES string of the molecule is COCCCC(=O)Nc1ccc(Cl)c(O)c1. The normalized spacial score (nSPS) is 10.1. The summed E-state index contributed by atoms with van der Waals surface area (Å²) in [5, 5.41) is 12.2. The average molecular weight is 244 g/mol. The van der Waals surface area contributed by atoms with Crippen molar-refractivity contribution in [1.82, 2.24) is 0 Å². The van der Waals surface area contributed by atoms with Gasteiger partial charge in [0.15, 0.2) is 0 Å². The number of carbonyl (C=O) groups excluding carboxylic acids is 1. The fourth-order valence-corrected chi connectivity index (χ4v) is 1.31. The molecule has 1 aromatic carbocycles. The number of benzene rings is 1. The van der Waals surface area contributed by atoms with E-state index in [0.717, 1.165) is 0 Å². The molecule has 1 rings (SSSR count). The fourth-order valence-electron chi connectivity index (χ4n) is 1.19. The molecular weight excluding hydrogens is 230 g/mol. The minimum atomic E-state index is -0.112. The van der Waals surface area contributed by atoms with Crippen molar-refractivity contribution in [2.24, 2.45) is 0 Å². The number of ether oxygens (including phenoxy) is 1. The topological polar surface area (TPSA) is 58.6 Å². The number of anilines is 1. The molecule has 0 bridgehead atoms. The van der Waals surface area contributed by atoms with Crippen LogP contribution in [-0.4, -0.2) is 24.7 Å². The Hall–Kier alpha value is -1.26. The van der Waals surface area contributed by atoms with Gasteiger partial charge >= 0.3 is 0 Å². The van der Waals surface area contributed by atoms with Gasteiger partial charge in [0, 0.05) is 31.9 Å². The number of methoxy groups -OCH3 is 1. The van der Waals surface area contributed by atoms with Crippen LogP contribution in [0.25, 0.3) is 0 Å². The summed E-state index contributed by atoms with van der Waals surface area (Å²) in [6.07, 6.45) is 1.05. The fraction of sp³-hybridized carbons (Fsp3) is 0.364. The number of phenolic OH excluding ortho intramolecular Hbond substituents is 1. The van der Waals surface area contributed by atoms with Crippen LogP contribution in [0.5, 0.6) is 5.75 Å². The first-order valence-electron chi connectivity index (χ1n) is 4.91. The summed E-state index contributed by atoms with van der Waals surface area (Å²) in [7, 11) is 1.59. The zero-order valence-corrected chi connectivity index (χ0v) is 9.75. The summed E-state index contributed by atoms with van der Waals surface area (Å²) in [6, 6.07) is 4.58. The molecule has 0 heterocycles. The van der Waals surface area contributed by atoms with Crippen molar-refractivity contribution in [3.63, 3.8) is 0 Å². The highest BCUT2D eigenvalue weighted by Gasteiger charge is 2.04. The Bertz CT molecular complexity index is 368. The molecule has 0 spiro atoms. The molecule has 0 fully saturated rings. The minimum absolute atomic E-state index is 0.0450. The van der Waals surface area contributed by atoms with Crippen LogP contribution < -0.4 is 5.32 Å². The first kappa shape index (κ1) is 12.8. The Morgan fingerprint density at radius 2 is 2.31 bits per heavy atom. The number of phenols is 1. The zero-order chi connectivity index (χ0) is 12.0. The van der Waals surface area contributed by atoms with Gasteiger partial charge < -0.3 is 15.2 Å². The molecule has 0 aliphatic rings. The van der Waals surface area contributed by atoms with Crippen LogP contribution in [0.15, 0.2) is 18.2 Å². The highest BCUT2D eigenvalue weighted by Crippen LogP contribution is 2.26. The van der Waals surface area contributed by atoms with E-state index in [1.807, 2.05) is 0 Å². The molecule has 0 saturated carbocycles. The quantitative estimate of drug-likeness (QED) is 0.781. The highest BCUT2D eigenvalue weighted by atomic mass is 35.5. The predicted molar refractivity (Wildman–Crippen MR) is 62.9 cm³/mol. The van der Waals surface area contributed by atoms with Crippen LogP contribution in [0, 0.1) is 0 Å². The van der Waals surface area contributed by atoms with Gasteiger partial charge in [-0.25, -0.2) is 0 Å². The van der Waals surface area contributed by atoms with Gasteiger partial charge in [-0.3, -0.25) is 4.79 Å². The lowest BCUT2D eigenvalue weighted by atomic mass is 10.2. The Morgan fingerprint density at radius 3 is 2.94 bits per heavy atom. The van der Waals surface area contributed by atoms with Crippen molar-refractivity contribution in [2.45, 2.75) is 12.8 Å². The van der Waals surface area contributed by atoms with E-state index in [9.17, 15) is 9.90 Å². The third kappa shape index (κ3) is 4.08. The maximum Gasteiger partial charge on any atom is 0.224 e. The molecule has 1 aromatic rings. The summed E-state index contributed by atoms with van der Waals surface area (Å²) < 4.78 is 4.84. The van der Waals surface area contributed by atoms with Gasteiger partial charge in [-0.2, -0.15) is 0 Å². The number of hydrogen-bond acceptors (Lipinski definition) is 3. The van der Waals surface area contributed by atoms with Crippen molar-refractivity contribution in [3.8, 4) is 5.75 Å². The number of carbonyl (C=O) groups is 1. The number of amides is 1. The third-order valence-electron chi connectivity index (χ3n) is 1.98. The third-order valence-corrected chi connectivity index (χ3v) is 2.30. The second-order valence-electron chi connectivity index (χ2n) is 3.31. The zero-order valence-electron chi connectivity index (χ0n) is 9.00. The first-order valence-corrected chi connectivity index (χ1v) is 5.28. The summed E-state index contributed by atoms with van der Waals surface area (Å²) in [6.45, 7) is 0.555. The van der Waals surface area contributed by atoms with Crippen LogP contribution in [0.1, 0.15) is 12.8 Å². The van der Waals surface area contributed by atoms with E-state index in [0.29, 0.717) is 25.1 Å². The van der Waals surface area contributed by atoms with Crippen LogP contribution in [0.4, 0.5) is 5.69 Å². The van der Waals surface area contributed by atoms with E-state index in [-0.39, 0.29) is 16.7 Å². The molecule has 0 aromatic heterocycles. The number of nitrogens with one attached hydrogen (secondary N) is 1. The van der Waals surface area contributed by atoms with Gasteiger partial charge in [0.25, 0.3) is 0 Å². The van der Waals surface area contributed by atoms with E-state index in [2.05, 4.69) is 5.32 Å². The molecule has 4 nitrogen and oxygen atoms in total. The number of hydrogen-bond donors (Lipinski definition) is 2. The minimum Gasteiger partial charge on any atom is -0.506 e. The van der Waals surface area contributed by atoms with Crippen molar-refractivity contribution < 1.29 is 14.6 Å². The Balaban J connectivity index is 2.46. The lowest BCUT2D eigenvalue weighted by molar-refractivity contribution is -0.116. The van der Waals surface area contributed by atoms with Gasteiger partial charge in [0.1, 0.15) is 5.75 Å². The van der Waals surface area contributed by atoms with Crippen molar-refractivity contribution >= 4 is 23.2 Å². The highest BCUT2D eigenvalue weighted by molar-refractivity contribution is 6.32. The molecule has 88 valence electrons. The lowest BCUT2D eigenvalue weighted by Crippen LogP contribution is -2.11. The van der Waals surface area contributed by atoms with Crippen LogP contribution in [0.3, 0.4) is 0 Å². The van der Waals surface area contributed by atoms with E-state index < -0.39 is 0 Å². The maximum atomic E-state index is 11.4. The molecule has 0 radical (unpaired) electrons. The Labute approximate surface area is 99.2 Å². The second-order valence-corrected chi connectivity index (χ2v) is 3.72. The van der Waals surface area contributed by atoms with Crippen LogP contribution in [-0.2, 0) is 9.53 Å². The Morgan fingerprint density at radius 1 is 1.56 bits per heavy atom. The van der Waals surface area contributed by atoms with Crippen LogP contribution in [0.2, 0.25) is 5.02 Å². The summed E-state index contributed by atoms with van der Waals surface area (Å²) >= 11 is 5.64. The molecule has 0 atom stereocenters. The molecule has 0 aliphatic heterocycles. The molecule has 2 N–H and O–H groups in total. The van der Waals surface area contributed by atoms with Crippen molar-refractivity contribution in [1.29, 1.82) is 0 Å². The van der Waals surface area contributed by atoms with Crippen molar-refractivity contribution in [2.75, 3.05) is 19.0 Å². The number of halogens is 1. The molecule has 16 heavy (non-hydrogen) atoms. The lowest BCUT2D eigenvalue weighted by Gasteiger charge is -2.06. The van der Waals surface area contributed by atoms with Crippen LogP contribution >= 0.6 is 11.6 Å². The average Bonchev–Trinajstić information content (AvgIpc) is 2.24. The second kappa shape index (κ2) is 6.35. The van der Waals surface area contributed by atoms with Gasteiger partial charge in [-0.15, -0.1) is 0 Å². The molecule has 1 amide bonds. The molecule has 0 unspecified atom stereocenters. The van der Waals surface area contributed by atoms with E-state index in [1.54, 1.807) is 13.2 Å². The summed E-state index contributed by atoms with van der Waals surface area (Å²) in [5.74, 6) is -0.157. The van der Waals surface area contributed by atoms with E-state index >= 15 is 0 Å². The van der Waals surface area contributed by atoms with E-state index in [1.165, 1.54) is 12.1 Å². The van der Waals surface area contributed by atoms with E-state index in [4.69, 9.17) is 16.3 Å². The van der Waals surface area contributed by atoms with Gasteiger partial charge in [-0.05, 0) is 18.6 Å². The monoisotopic (exact) mass is 243 g/mol. The standard InChI is InChI=1S/C11H14ClNO3/c1-16-6-2-3-11(15)13-8-4-5-9(12)10(14)7-8/h4-5,7,14H,2-3,6H2,1H3,(H,13,15). The smallest absolute Gasteiger partial charge is 0.224 e. The summed E-state index contributed by atoms with van der Waals surface area (Å²) in [4.78, 5) is 11.4. The molecular formula is C11H14ClNO3. The van der Waals surface area contributed by atoms with Gasteiger partial charge in [0.05, 0.1) is 5.02 Å². The summed E-state index contributed by atoms with van der Waals surface area (Å²) in [5.41, 5.74) is 0.532. The first-order chi connectivity index (χ1) is 7.63. The predicted octanol–water partition coefficient (Wildman–Crippen LogP) is 2.41. The number of rotatable bonds is 5. The maximum absolute atomic E-state index is 11.4. The molecule has 0 saturated heterocycles. The number of aromatic hydroxyl groups is 1. The van der Waals surface area contributed by atoms with Gasteiger partial charge in [-0.1, -0.05) is 11.6 Å². The van der Waals surface area contributed by atoms with Crippen molar-refractivity contribution in [3.05, 3.63) is 23.2 Å². The largest absolute Gasteiger partial charge is 0.506 e. The Kier molecular flexibility index (Phi) is 5.08. The van der Waals surface area contributed by atoms with Gasteiger partial charge in [0.2, 0.25) is 5.91 Å². The molecule has 0 aliphatic carbocycles. The molecule has 5 heteroatoms.